The number of hydrogen-bond acceptors (Lipinski definition) is 5. The highest BCUT2D eigenvalue weighted by Gasteiger charge is 2.20. The van der Waals surface area contributed by atoms with Gasteiger partial charge in [0.05, 0.1) is 21.8 Å². The first-order valence-corrected chi connectivity index (χ1v) is 8.54. The smallest absolute Gasteiger partial charge is 0.167 e. The predicted octanol–water partition coefficient (Wildman–Crippen LogP) is 3.79. The highest BCUT2D eigenvalue weighted by Crippen LogP contribution is 2.39. The van der Waals surface area contributed by atoms with Crippen LogP contribution in [0.1, 0.15) is 12.6 Å². The summed E-state index contributed by atoms with van der Waals surface area (Å²) in [5.74, 6) is 0.734. The number of aryl methyl sites for hydroxylation is 2. The number of aromatic nitrogens is 6. The van der Waals surface area contributed by atoms with Crippen LogP contribution in [-0.4, -0.2) is 29.9 Å². The molecule has 4 rings (SSSR count). The van der Waals surface area contributed by atoms with Gasteiger partial charge in [0.25, 0.3) is 0 Å². The molecule has 7 heteroatoms. The van der Waals surface area contributed by atoms with Gasteiger partial charge in [0.15, 0.2) is 5.82 Å². The van der Waals surface area contributed by atoms with Gasteiger partial charge in [-0.15, -0.1) is 11.3 Å². The summed E-state index contributed by atoms with van der Waals surface area (Å²) in [6, 6.07) is 10.1. The molecule has 24 heavy (non-hydrogen) atoms. The second-order valence-corrected chi connectivity index (χ2v) is 6.38. The van der Waals surface area contributed by atoms with Crippen molar-refractivity contribution in [2.24, 2.45) is 0 Å². The summed E-state index contributed by atoms with van der Waals surface area (Å²) in [7, 11) is 0. The van der Waals surface area contributed by atoms with Crippen LogP contribution >= 0.6 is 11.3 Å². The first-order valence-electron chi connectivity index (χ1n) is 7.72. The molecule has 3 heterocycles. The lowest BCUT2D eigenvalue weighted by atomic mass is 10.1. The number of rotatable bonds is 4. The molecule has 0 saturated heterocycles. The van der Waals surface area contributed by atoms with Crippen molar-refractivity contribution in [1.29, 1.82) is 0 Å². The highest BCUT2D eigenvalue weighted by molar-refractivity contribution is 7.18. The van der Waals surface area contributed by atoms with E-state index in [2.05, 4.69) is 39.3 Å². The van der Waals surface area contributed by atoms with Crippen LogP contribution in [0.5, 0.6) is 0 Å². The number of hydrogen-bond donors (Lipinski definition) is 1. The maximum atomic E-state index is 4.89. The van der Waals surface area contributed by atoms with Crippen molar-refractivity contribution in [3.63, 3.8) is 0 Å². The van der Waals surface area contributed by atoms with Crippen molar-refractivity contribution >= 4 is 11.3 Å². The molecular formula is C17H16N6S. The van der Waals surface area contributed by atoms with Crippen LogP contribution in [0.4, 0.5) is 0 Å². The number of thiazole rings is 1. The van der Waals surface area contributed by atoms with E-state index in [1.807, 2.05) is 36.0 Å². The quantitative estimate of drug-likeness (QED) is 0.615. The fourth-order valence-corrected chi connectivity index (χ4v) is 3.69. The lowest BCUT2D eigenvalue weighted by molar-refractivity contribution is 0.653. The molecule has 0 amide bonds. The van der Waals surface area contributed by atoms with Crippen LogP contribution in [0.25, 0.3) is 32.5 Å². The minimum atomic E-state index is 0.734. The third kappa shape index (κ3) is 2.52. The Morgan fingerprint density at radius 1 is 1.21 bits per heavy atom. The number of benzene rings is 1. The molecule has 0 unspecified atom stereocenters. The van der Waals surface area contributed by atoms with Gasteiger partial charge in [0.2, 0.25) is 0 Å². The Morgan fingerprint density at radius 2 is 2.04 bits per heavy atom. The van der Waals surface area contributed by atoms with E-state index < -0.39 is 0 Å². The summed E-state index contributed by atoms with van der Waals surface area (Å²) in [5.41, 5.74) is 4.02. The third-order valence-corrected chi connectivity index (χ3v) is 4.90. The Balaban J connectivity index is 1.90. The molecule has 0 bridgehead atoms. The Kier molecular flexibility index (Phi) is 3.70. The second-order valence-electron chi connectivity index (χ2n) is 5.38. The van der Waals surface area contributed by atoms with E-state index in [-0.39, 0.29) is 0 Å². The van der Waals surface area contributed by atoms with Gasteiger partial charge in [-0.3, -0.25) is 9.78 Å². The summed E-state index contributed by atoms with van der Waals surface area (Å²) in [6.07, 6.45) is 3.57. The summed E-state index contributed by atoms with van der Waals surface area (Å²) >= 11 is 1.60. The summed E-state index contributed by atoms with van der Waals surface area (Å²) in [5, 5.41) is 12.4. The molecule has 1 N–H and O–H groups in total. The SMILES string of the molecule is CCn1cc(-c2nc(-c3ccccc3)c(-c3ncn[nH]3)s2)c(C)n1. The van der Waals surface area contributed by atoms with E-state index in [0.29, 0.717) is 0 Å². The topological polar surface area (TPSA) is 72.3 Å². The normalized spacial score (nSPS) is 11.1. The summed E-state index contributed by atoms with van der Waals surface area (Å²) in [6.45, 7) is 4.93. The first kappa shape index (κ1) is 14.8. The van der Waals surface area contributed by atoms with Gasteiger partial charge in [0, 0.05) is 18.3 Å². The van der Waals surface area contributed by atoms with Crippen molar-refractivity contribution in [2.75, 3.05) is 0 Å². The molecule has 0 saturated carbocycles. The number of aromatic amines is 1. The molecule has 3 aromatic heterocycles. The van der Waals surface area contributed by atoms with Crippen molar-refractivity contribution in [1.82, 2.24) is 29.9 Å². The average Bonchev–Trinajstić information content (AvgIpc) is 3.34. The highest BCUT2D eigenvalue weighted by atomic mass is 32.1. The molecule has 0 aliphatic rings. The lowest BCUT2D eigenvalue weighted by Crippen LogP contribution is -1.93. The summed E-state index contributed by atoms with van der Waals surface area (Å²) in [4.78, 5) is 10.2. The van der Waals surface area contributed by atoms with Crippen LogP contribution in [0, 0.1) is 6.92 Å². The van der Waals surface area contributed by atoms with Crippen molar-refractivity contribution in [2.45, 2.75) is 20.4 Å². The molecule has 120 valence electrons. The van der Waals surface area contributed by atoms with Crippen LogP contribution < -0.4 is 0 Å². The van der Waals surface area contributed by atoms with E-state index in [9.17, 15) is 0 Å². The molecule has 0 spiro atoms. The minimum Gasteiger partial charge on any atom is -0.272 e. The van der Waals surface area contributed by atoms with Gasteiger partial charge >= 0.3 is 0 Å². The Labute approximate surface area is 143 Å². The Hall–Kier alpha value is -2.80. The Morgan fingerprint density at radius 3 is 2.71 bits per heavy atom. The van der Waals surface area contributed by atoms with Crippen LogP contribution in [0.2, 0.25) is 0 Å². The van der Waals surface area contributed by atoms with E-state index in [1.165, 1.54) is 6.33 Å². The van der Waals surface area contributed by atoms with Gasteiger partial charge in [0.1, 0.15) is 11.3 Å². The second kappa shape index (κ2) is 6.01. The average molecular weight is 336 g/mol. The van der Waals surface area contributed by atoms with E-state index in [4.69, 9.17) is 4.98 Å². The summed E-state index contributed by atoms with van der Waals surface area (Å²) < 4.78 is 1.93. The Bertz CT molecular complexity index is 953. The molecule has 1 aromatic carbocycles. The lowest BCUT2D eigenvalue weighted by Gasteiger charge is -1.98. The molecule has 0 radical (unpaired) electrons. The fraction of sp³-hybridized carbons (Fsp3) is 0.176. The van der Waals surface area contributed by atoms with Gasteiger partial charge < -0.3 is 0 Å². The monoisotopic (exact) mass is 336 g/mol. The van der Waals surface area contributed by atoms with Crippen molar-refractivity contribution in [3.05, 3.63) is 48.5 Å². The largest absolute Gasteiger partial charge is 0.272 e. The first-order chi connectivity index (χ1) is 11.8. The van der Waals surface area contributed by atoms with Gasteiger partial charge in [-0.25, -0.2) is 9.97 Å². The number of nitrogens with zero attached hydrogens (tertiary/aromatic N) is 5. The minimum absolute atomic E-state index is 0.734. The zero-order chi connectivity index (χ0) is 16.5. The maximum absolute atomic E-state index is 4.89. The van der Waals surface area contributed by atoms with Crippen molar-refractivity contribution in [3.8, 4) is 32.5 Å². The van der Waals surface area contributed by atoms with Gasteiger partial charge in [-0.2, -0.15) is 10.2 Å². The molecule has 0 fully saturated rings. The molecular weight excluding hydrogens is 320 g/mol. The van der Waals surface area contributed by atoms with Gasteiger partial charge in [-0.05, 0) is 13.8 Å². The number of H-pyrrole nitrogens is 1. The number of nitrogens with one attached hydrogen (secondary N) is 1. The zero-order valence-electron chi connectivity index (χ0n) is 13.4. The standard InChI is InChI=1S/C17H16N6S/c1-3-23-9-13(11(2)22-23)17-20-14(12-7-5-4-6-8-12)15(24-17)16-18-10-19-21-16/h4-10H,3H2,1-2H3,(H,18,19,21). The van der Waals surface area contributed by atoms with Crippen LogP contribution in [0.3, 0.4) is 0 Å². The predicted molar refractivity (Wildman–Crippen MR) is 94.6 cm³/mol. The third-order valence-electron chi connectivity index (χ3n) is 3.81. The maximum Gasteiger partial charge on any atom is 0.167 e. The molecule has 6 nitrogen and oxygen atoms in total. The van der Waals surface area contributed by atoms with E-state index in [0.717, 1.165) is 44.8 Å². The molecule has 4 aromatic rings. The van der Waals surface area contributed by atoms with Crippen molar-refractivity contribution < 1.29 is 0 Å². The molecule has 0 atom stereocenters. The molecule has 0 aliphatic carbocycles. The van der Waals surface area contributed by atoms with Crippen LogP contribution in [0.15, 0.2) is 42.9 Å². The fourth-order valence-electron chi connectivity index (χ4n) is 2.59. The van der Waals surface area contributed by atoms with Crippen LogP contribution in [-0.2, 0) is 6.54 Å². The van der Waals surface area contributed by atoms with Gasteiger partial charge in [-0.1, -0.05) is 30.3 Å². The van der Waals surface area contributed by atoms with E-state index >= 15 is 0 Å². The van der Waals surface area contributed by atoms with E-state index in [1.54, 1.807) is 11.3 Å². The molecule has 0 aliphatic heterocycles. The zero-order valence-corrected chi connectivity index (χ0v) is 14.2.